The van der Waals surface area contributed by atoms with Gasteiger partial charge in [0.05, 0.1) is 52.6 Å². The number of fused-ring (bicyclic) bond motifs is 1. The molecule has 16 nitrogen and oxygen atoms in total. The van der Waals surface area contributed by atoms with Gasteiger partial charge in [0.15, 0.2) is 17.4 Å². The van der Waals surface area contributed by atoms with E-state index in [-0.39, 0.29) is 48.8 Å². The van der Waals surface area contributed by atoms with Crippen molar-refractivity contribution < 1.29 is 32.7 Å². The summed E-state index contributed by atoms with van der Waals surface area (Å²) in [5.74, 6) is 1.48. The van der Waals surface area contributed by atoms with E-state index in [1.165, 1.54) is 6.33 Å². The number of benzene rings is 3. The molecule has 17 heteroatoms. The van der Waals surface area contributed by atoms with Gasteiger partial charge < -0.3 is 37.6 Å². The Hall–Kier alpha value is -5.24. The van der Waals surface area contributed by atoms with E-state index in [2.05, 4.69) is 58.4 Å². The summed E-state index contributed by atoms with van der Waals surface area (Å²) in [5, 5.41) is 9.46. The zero-order valence-corrected chi connectivity index (χ0v) is 37.0. The summed E-state index contributed by atoms with van der Waals surface area (Å²) in [4.78, 5) is 31.2. The molecule has 0 amide bonds. The highest BCUT2D eigenvalue weighted by molar-refractivity contribution is 7.44. The molecule has 324 valence electrons. The van der Waals surface area contributed by atoms with Gasteiger partial charge in [0.1, 0.15) is 35.4 Å². The fourth-order valence-electron chi connectivity index (χ4n) is 7.46. The van der Waals surface area contributed by atoms with E-state index in [1.807, 2.05) is 93.0 Å². The summed E-state index contributed by atoms with van der Waals surface area (Å²) in [6.45, 7) is 8.44. The fourth-order valence-corrected chi connectivity index (χ4v) is 9.22. The largest absolute Gasteiger partial charge is 0.497 e. The van der Waals surface area contributed by atoms with Gasteiger partial charge >= 0.3 is 0 Å². The van der Waals surface area contributed by atoms with Crippen LogP contribution in [-0.2, 0) is 28.9 Å². The average Bonchev–Trinajstić information content (AvgIpc) is 3.84. The zero-order chi connectivity index (χ0) is 43.7. The summed E-state index contributed by atoms with van der Waals surface area (Å²) < 4.78 is 49.1. The minimum atomic E-state index is -1.78. The molecule has 1 aliphatic rings. The van der Waals surface area contributed by atoms with E-state index in [4.69, 9.17) is 32.7 Å². The van der Waals surface area contributed by atoms with Crippen LogP contribution in [0.3, 0.4) is 0 Å². The van der Waals surface area contributed by atoms with Crippen molar-refractivity contribution in [2.45, 2.75) is 76.3 Å². The standard InChI is InChI=1S/C44H55N8O8P/c1-29(2)52(30(3)4)61(58-25-13-24-45)60-38-36(59-42(39(38)56-9)51-28-46-37-40(51)48-43(49-41(37)53)47-27-50(5)6)26-57-44(31-14-11-10-12-15-31,32-16-20-34(54-7)21-17-32)33-18-22-35(55-8)23-19-33/h10-12,14-23,27-30,36,38-39,42H,13,25-26H2,1-9H3,(H,48,49,53)/b47-27+/t36-,38-,39-,42-,61?/m1/s1. The number of aromatic nitrogens is 4. The molecule has 5 aromatic rings. The van der Waals surface area contributed by atoms with Crippen LogP contribution in [0.2, 0.25) is 0 Å². The van der Waals surface area contributed by atoms with Crippen molar-refractivity contribution in [1.82, 2.24) is 29.1 Å². The maximum absolute atomic E-state index is 13.3. The van der Waals surface area contributed by atoms with Crippen LogP contribution in [0.1, 0.15) is 57.0 Å². The molecule has 0 spiro atoms. The van der Waals surface area contributed by atoms with E-state index in [0.717, 1.165) is 16.7 Å². The lowest BCUT2D eigenvalue weighted by molar-refractivity contribution is -0.0938. The van der Waals surface area contributed by atoms with E-state index < -0.39 is 44.2 Å². The summed E-state index contributed by atoms with van der Waals surface area (Å²) >= 11 is 0. The molecule has 1 fully saturated rings. The number of methoxy groups -OCH3 is 3. The molecule has 0 radical (unpaired) electrons. The van der Waals surface area contributed by atoms with Crippen LogP contribution in [0.25, 0.3) is 11.2 Å². The van der Waals surface area contributed by atoms with Crippen LogP contribution in [0, 0.1) is 11.3 Å². The number of H-pyrrole nitrogens is 1. The summed E-state index contributed by atoms with van der Waals surface area (Å²) in [6, 6.07) is 27.8. The van der Waals surface area contributed by atoms with Gasteiger partial charge in [0.25, 0.3) is 14.1 Å². The normalized spacial score (nSPS) is 18.7. The number of nitrogens with zero attached hydrogens (tertiary/aromatic N) is 7. The third-order valence-corrected chi connectivity index (χ3v) is 12.3. The van der Waals surface area contributed by atoms with Gasteiger partial charge in [-0.05, 0) is 68.7 Å². The predicted molar refractivity (Wildman–Crippen MR) is 233 cm³/mol. The average molecular weight is 855 g/mol. The molecule has 0 bridgehead atoms. The summed E-state index contributed by atoms with van der Waals surface area (Å²) in [6.07, 6.45) is -0.0727. The Bertz CT molecular complexity index is 2240. The molecule has 6 rings (SSSR count). The first-order valence-corrected chi connectivity index (χ1v) is 21.2. The maximum Gasteiger partial charge on any atom is 0.280 e. The first-order valence-electron chi connectivity index (χ1n) is 20.0. The molecule has 1 unspecified atom stereocenters. The highest BCUT2D eigenvalue weighted by atomic mass is 31.2. The van der Waals surface area contributed by atoms with E-state index in [1.54, 1.807) is 37.1 Å². The number of ether oxygens (including phenoxy) is 5. The SMILES string of the molecule is COc1ccc(C(OC[C@H]2O[C@@H](n3cnc4c(=O)[nH]c(/N=C/N(C)C)nc43)[C@H](OC)[C@@H]2OP(OCCC#N)N(C(C)C)C(C)C)(c2ccccc2)c2ccc(OC)cc2)cc1. The molecular weight excluding hydrogens is 800 g/mol. The van der Waals surface area contributed by atoms with Crippen molar-refractivity contribution in [2.24, 2.45) is 4.99 Å². The minimum absolute atomic E-state index is 0.0161. The van der Waals surface area contributed by atoms with Crippen molar-refractivity contribution in [3.8, 4) is 17.6 Å². The van der Waals surface area contributed by atoms with Crippen LogP contribution in [0.15, 0.2) is 95.0 Å². The van der Waals surface area contributed by atoms with Crippen molar-refractivity contribution >= 4 is 32.0 Å². The molecule has 1 saturated heterocycles. The minimum Gasteiger partial charge on any atom is -0.497 e. The molecule has 3 aromatic carbocycles. The second-order valence-corrected chi connectivity index (χ2v) is 16.5. The molecule has 2 aromatic heterocycles. The second-order valence-electron chi connectivity index (χ2n) is 15.1. The van der Waals surface area contributed by atoms with Gasteiger partial charge in [-0.15, -0.1) is 0 Å². The fraction of sp³-hybridized carbons (Fsp3) is 0.432. The van der Waals surface area contributed by atoms with Crippen molar-refractivity contribution in [1.29, 1.82) is 5.26 Å². The monoisotopic (exact) mass is 854 g/mol. The first kappa shape index (κ1) is 45.3. The predicted octanol–water partition coefficient (Wildman–Crippen LogP) is 6.94. The quantitative estimate of drug-likeness (QED) is 0.0281. The highest BCUT2D eigenvalue weighted by Gasteiger charge is 2.51. The van der Waals surface area contributed by atoms with Gasteiger partial charge in [-0.3, -0.25) is 14.3 Å². The van der Waals surface area contributed by atoms with Gasteiger partial charge in [-0.25, -0.2) is 14.6 Å². The molecule has 1 N–H and O–H groups in total. The van der Waals surface area contributed by atoms with Crippen LogP contribution < -0.4 is 15.0 Å². The van der Waals surface area contributed by atoms with Crippen molar-refractivity contribution in [3.63, 3.8) is 0 Å². The Morgan fingerprint density at radius 2 is 1.54 bits per heavy atom. The van der Waals surface area contributed by atoms with Crippen LogP contribution >= 0.6 is 8.53 Å². The summed E-state index contributed by atoms with van der Waals surface area (Å²) in [7, 11) is 6.69. The number of hydrogen-bond donors (Lipinski definition) is 1. The van der Waals surface area contributed by atoms with Crippen LogP contribution in [0.4, 0.5) is 5.95 Å². The summed E-state index contributed by atoms with van der Waals surface area (Å²) in [5.41, 5.74) is 1.25. The Morgan fingerprint density at radius 3 is 2.08 bits per heavy atom. The third kappa shape index (κ3) is 9.95. The lowest BCUT2D eigenvalue weighted by Gasteiger charge is -2.39. The number of aliphatic imine (C=N–C) groups is 1. The highest BCUT2D eigenvalue weighted by Crippen LogP contribution is 2.51. The molecule has 3 heterocycles. The number of nitriles is 1. The van der Waals surface area contributed by atoms with E-state index in [0.29, 0.717) is 11.5 Å². The Balaban J connectivity index is 1.50. The molecule has 61 heavy (non-hydrogen) atoms. The van der Waals surface area contributed by atoms with Gasteiger partial charge in [0, 0.05) is 33.3 Å². The van der Waals surface area contributed by atoms with Crippen molar-refractivity contribution in [3.05, 3.63) is 112 Å². The number of nitrogens with one attached hydrogen (secondary N) is 1. The van der Waals surface area contributed by atoms with Gasteiger partial charge in [-0.1, -0.05) is 54.6 Å². The van der Waals surface area contributed by atoms with Crippen LogP contribution in [-0.4, -0.2) is 114 Å². The molecular formula is C44H55N8O8P. The van der Waals surface area contributed by atoms with Crippen molar-refractivity contribution in [2.75, 3.05) is 48.6 Å². The zero-order valence-electron chi connectivity index (χ0n) is 36.1. The Kier molecular flexibility index (Phi) is 15.3. The lowest BCUT2D eigenvalue weighted by atomic mass is 9.80. The molecule has 5 atom stereocenters. The number of hydrogen-bond acceptors (Lipinski definition) is 13. The number of aromatic amines is 1. The Labute approximate surface area is 358 Å². The lowest BCUT2D eigenvalue weighted by Crippen LogP contribution is -2.42. The smallest absolute Gasteiger partial charge is 0.280 e. The van der Waals surface area contributed by atoms with Gasteiger partial charge in [0.2, 0.25) is 5.95 Å². The maximum atomic E-state index is 13.3. The van der Waals surface area contributed by atoms with E-state index in [9.17, 15) is 10.1 Å². The first-order chi connectivity index (χ1) is 29.4. The van der Waals surface area contributed by atoms with E-state index >= 15 is 0 Å². The molecule has 0 saturated carbocycles. The molecule has 1 aliphatic heterocycles. The second kappa shape index (κ2) is 20.5. The van der Waals surface area contributed by atoms with Crippen LogP contribution in [0.5, 0.6) is 11.5 Å². The third-order valence-electron chi connectivity index (χ3n) is 10.2. The number of imidazole rings is 1. The molecule has 0 aliphatic carbocycles. The topological polar surface area (TPSA) is 171 Å². The number of rotatable bonds is 20. The Morgan fingerprint density at radius 1 is 0.934 bits per heavy atom. The van der Waals surface area contributed by atoms with Gasteiger partial charge in [-0.2, -0.15) is 10.2 Å².